The summed E-state index contributed by atoms with van der Waals surface area (Å²) >= 11 is 0. The Morgan fingerprint density at radius 1 is 1.25 bits per heavy atom. The first-order chi connectivity index (χ1) is 7.68. The summed E-state index contributed by atoms with van der Waals surface area (Å²) in [5, 5.41) is 8.98. The van der Waals surface area contributed by atoms with Crippen LogP contribution in [-0.2, 0) is 0 Å². The van der Waals surface area contributed by atoms with Gasteiger partial charge in [-0.05, 0) is 6.07 Å². The third kappa shape index (κ3) is 1.83. The van der Waals surface area contributed by atoms with Crippen molar-refractivity contribution in [2.24, 2.45) is 0 Å². The normalized spacial score (nSPS) is 10.0. The number of carbonyl (C=O) groups is 1. The van der Waals surface area contributed by atoms with Gasteiger partial charge in [-0.2, -0.15) is 0 Å². The highest BCUT2D eigenvalue weighted by atomic mass is 16.4. The average Bonchev–Trinajstić information content (AvgIpc) is 2.29. The quantitative estimate of drug-likeness (QED) is 0.788. The predicted molar refractivity (Wildman–Crippen MR) is 57.3 cm³/mol. The maximum atomic E-state index is 11.1. The molecule has 0 bridgehead atoms. The van der Waals surface area contributed by atoms with Crippen LogP contribution >= 0.6 is 0 Å². The Kier molecular flexibility index (Phi) is 2.51. The van der Waals surface area contributed by atoms with Gasteiger partial charge >= 0.3 is 5.97 Å². The first-order valence-corrected chi connectivity index (χ1v) is 4.56. The van der Waals surface area contributed by atoms with Crippen LogP contribution in [0.15, 0.2) is 41.3 Å². The van der Waals surface area contributed by atoms with Crippen LogP contribution in [0.4, 0.5) is 0 Å². The molecule has 80 valence electrons. The fourth-order valence-electron chi connectivity index (χ4n) is 1.38. The smallest absolute Gasteiger partial charge is 0.336 e. The maximum Gasteiger partial charge on any atom is 0.336 e. The number of benzene rings is 1. The lowest BCUT2D eigenvalue weighted by Gasteiger charge is -2.03. The van der Waals surface area contributed by atoms with Crippen molar-refractivity contribution in [3.8, 4) is 11.4 Å². The SMILES string of the molecule is O=C(O)c1ccccc1-c1nccc(=O)[nH]1. The number of rotatable bonds is 2. The number of hydrogen-bond donors (Lipinski definition) is 2. The highest BCUT2D eigenvalue weighted by Crippen LogP contribution is 2.18. The van der Waals surface area contributed by atoms with Gasteiger partial charge in [0.2, 0.25) is 0 Å². The lowest BCUT2D eigenvalue weighted by atomic mass is 10.1. The van der Waals surface area contributed by atoms with Crippen LogP contribution in [0.5, 0.6) is 0 Å². The monoisotopic (exact) mass is 216 g/mol. The Hall–Kier alpha value is -2.43. The van der Waals surface area contributed by atoms with Crippen molar-refractivity contribution in [2.45, 2.75) is 0 Å². The van der Waals surface area contributed by atoms with Crippen molar-refractivity contribution in [3.63, 3.8) is 0 Å². The van der Waals surface area contributed by atoms with E-state index in [-0.39, 0.29) is 16.9 Å². The third-order valence-electron chi connectivity index (χ3n) is 2.08. The zero-order valence-electron chi connectivity index (χ0n) is 8.18. The molecule has 2 rings (SSSR count). The van der Waals surface area contributed by atoms with Crippen LogP contribution < -0.4 is 5.56 Å². The molecule has 16 heavy (non-hydrogen) atoms. The van der Waals surface area contributed by atoms with E-state index in [9.17, 15) is 9.59 Å². The Labute approximate surface area is 90.4 Å². The number of nitrogens with one attached hydrogen (secondary N) is 1. The highest BCUT2D eigenvalue weighted by molar-refractivity contribution is 5.94. The fourth-order valence-corrected chi connectivity index (χ4v) is 1.38. The molecule has 0 aliphatic heterocycles. The minimum atomic E-state index is -1.05. The number of hydrogen-bond acceptors (Lipinski definition) is 3. The van der Waals surface area contributed by atoms with Gasteiger partial charge in [-0.15, -0.1) is 0 Å². The van der Waals surface area contributed by atoms with E-state index in [4.69, 9.17) is 5.11 Å². The molecule has 0 saturated heterocycles. The maximum absolute atomic E-state index is 11.1. The van der Waals surface area contributed by atoms with E-state index in [2.05, 4.69) is 9.97 Å². The molecule has 2 aromatic rings. The molecule has 5 nitrogen and oxygen atoms in total. The molecular formula is C11H8N2O3. The standard InChI is InChI=1S/C11H8N2O3/c14-9-5-6-12-10(13-9)7-3-1-2-4-8(7)11(15)16/h1-6H,(H,15,16)(H,12,13,14). The van der Waals surface area contributed by atoms with Crippen LogP contribution in [0.25, 0.3) is 11.4 Å². The first kappa shape index (κ1) is 10.1. The minimum Gasteiger partial charge on any atom is -0.478 e. The molecule has 0 spiro atoms. The van der Waals surface area contributed by atoms with E-state index < -0.39 is 5.97 Å². The van der Waals surface area contributed by atoms with Gasteiger partial charge in [0.1, 0.15) is 5.82 Å². The van der Waals surface area contributed by atoms with Gasteiger partial charge in [-0.1, -0.05) is 18.2 Å². The molecule has 0 saturated carbocycles. The Balaban J connectivity index is 2.64. The van der Waals surface area contributed by atoms with E-state index in [0.29, 0.717) is 5.56 Å². The lowest BCUT2D eigenvalue weighted by Crippen LogP contribution is -2.08. The molecule has 0 amide bonds. The zero-order valence-corrected chi connectivity index (χ0v) is 8.18. The summed E-state index contributed by atoms with van der Waals surface area (Å²) < 4.78 is 0. The molecule has 0 aliphatic rings. The third-order valence-corrected chi connectivity index (χ3v) is 2.08. The van der Waals surface area contributed by atoms with Crippen molar-refractivity contribution < 1.29 is 9.90 Å². The minimum absolute atomic E-state index is 0.108. The highest BCUT2D eigenvalue weighted by Gasteiger charge is 2.11. The molecule has 0 unspecified atom stereocenters. The summed E-state index contributed by atoms with van der Waals surface area (Å²) in [6.07, 6.45) is 1.34. The van der Waals surface area contributed by atoms with Crippen molar-refractivity contribution in [3.05, 3.63) is 52.4 Å². The molecule has 2 N–H and O–H groups in total. The number of aromatic nitrogens is 2. The van der Waals surface area contributed by atoms with Gasteiger partial charge in [0, 0.05) is 17.8 Å². The van der Waals surface area contributed by atoms with Crippen molar-refractivity contribution in [1.29, 1.82) is 0 Å². The molecule has 1 aromatic carbocycles. The second-order valence-corrected chi connectivity index (χ2v) is 3.13. The van der Waals surface area contributed by atoms with Crippen molar-refractivity contribution >= 4 is 5.97 Å². The second-order valence-electron chi connectivity index (χ2n) is 3.13. The number of H-pyrrole nitrogens is 1. The van der Waals surface area contributed by atoms with Gasteiger partial charge in [-0.25, -0.2) is 9.78 Å². The summed E-state index contributed by atoms with van der Waals surface area (Å²) in [5.41, 5.74) is 0.190. The van der Waals surface area contributed by atoms with Gasteiger partial charge in [-0.3, -0.25) is 4.79 Å². The Morgan fingerprint density at radius 2 is 2.00 bits per heavy atom. The van der Waals surface area contributed by atoms with E-state index in [1.165, 1.54) is 18.3 Å². The number of aromatic amines is 1. The van der Waals surface area contributed by atoms with Crippen LogP contribution in [0.3, 0.4) is 0 Å². The first-order valence-electron chi connectivity index (χ1n) is 4.56. The van der Waals surface area contributed by atoms with Crippen LogP contribution in [0.2, 0.25) is 0 Å². The van der Waals surface area contributed by atoms with E-state index in [1.807, 2.05) is 0 Å². The van der Waals surface area contributed by atoms with Crippen LogP contribution in [0.1, 0.15) is 10.4 Å². The van der Waals surface area contributed by atoms with Gasteiger partial charge in [0.05, 0.1) is 5.56 Å². The molecule has 5 heteroatoms. The second kappa shape index (κ2) is 3.98. The number of aromatic carboxylic acids is 1. The number of carboxylic acid groups (broad SMARTS) is 1. The summed E-state index contributed by atoms with van der Waals surface area (Å²) in [7, 11) is 0. The summed E-state index contributed by atoms with van der Waals surface area (Å²) in [6.45, 7) is 0. The molecule has 1 aromatic heterocycles. The van der Waals surface area contributed by atoms with Crippen LogP contribution in [-0.4, -0.2) is 21.0 Å². The largest absolute Gasteiger partial charge is 0.478 e. The van der Waals surface area contributed by atoms with Crippen molar-refractivity contribution in [1.82, 2.24) is 9.97 Å². The zero-order chi connectivity index (χ0) is 11.5. The van der Waals surface area contributed by atoms with Crippen LogP contribution in [0, 0.1) is 0 Å². The van der Waals surface area contributed by atoms with E-state index in [0.717, 1.165) is 0 Å². The Morgan fingerprint density at radius 3 is 2.69 bits per heavy atom. The van der Waals surface area contributed by atoms with Gasteiger partial charge in [0.15, 0.2) is 0 Å². The van der Waals surface area contributed by atoms with E-state index in [1.54, 1.807) is 18.2 Å². The topological polar surface area (TPSA) is 83.0 Å². The lowest BCUT2D eigenvalue weighted by molar-refractivity contribution is 0.0697. The van der Waals surface area contributed by atoms with E-state index >= 15 is 0 Å². The molecule has 1 heterocycles. The molecule has 0 radical (unpaired) electrons. The van der Waals surface area contributed by atoms with Gasteiger partial charge < -0.3 is 10.1 Å². The molecule has 0 atom stereocenters. The number of nitrogens with zero attached hydrogens (tertiary/aromatic N) is 1. The Bertz CT molecular complexity index is 590. The summed E-state index contributed by atoms with van der Waals surface area (Å²) in [5.74, 6) is -0.799. The summed E-state index contributed by atoms with van der Waals surface area (Å²) in [6, 6.07) is 7.64. The predicted octanol–water partition coefficient (Wildman–Crippen LogP) is 1.14. The molecular weight excluding hydrogens is 208 g/mol. The van der Waals surface area contributed by atoms with Crippen molar-refractivity contribution in [2.75, 3.05) is 0 Å². The van der Waals surface area contributed by atoms with Gasteiger partial charge in [0.25, 0.3) is 5.56 Å². The average molecular weight is 216 g/mol. The fraction of sp³-hybridized carbons (Fsp3) is 0. The molecule has 0 aliphatic carbocycles. The number of carboxylic acids is 1. The summed E-state index contributed by atoms with van der Waals surface area (Å²) in [4.78, 5) is 28.5. The molecule has 0 fully saturated rings.